The van der Waals surface area contributed by atoms with Gasteiger partial charge in [0.25, 0.3) is 5.91 Å². The first-order chi connectivity index (χ1) is 13.9. The number of anilines is 1. The molecule has 164 valence electrons. The first-order valence-corrected chi connectivity index (χ1v) is 9.74. The number of hydrogen-bond donors (Lipinski definition) is 2. The Hall–Kier alpha value is -2.89. The van der Waals surface area contributed by atoms with Gasteiger partial charge in [-0.1, -0.05) is 6.92 Å². The Bertz CT molecular complexity index is 981. The van der Waals surface area contributed by atoms with Crippen LogP contribution in [0.25, 0.3) is 0 Å². The number of amides is 2. The van der Waals surface area contributed by atoms with E-state index in [2.05, 4.69) is 10.4 Å². The highest BCUT2D eigenvalue weighted by Crippen LogP contribution is 2.34. The van der Waals surface area contributed by atoms with Crippen molar-refractivity contribution in [2.45, 2.75) is 46.3 Å². The third-order valence-electron chi connectivity index (χ3n) is 4.21. The zero-order valence-corrected chi connectivity index (χ0v) is 17.5. The van der Waals surface area contributed by atoms with Crippen molar-refractivity contribution in [3.05, 3.63) is 33.5 Å². The fourth-order valence-electron chi connectivity index (χ4n) is 2.70. The van der Waals surface area contributed by atoms with E-state index in [1.165, 1.54) is 20.8 Å². The molecule has 0 fully saturated rings. The highest BCUT2D eigenvalue weighted by atomic mass is 32.1. The van der Waals surface area contributed by atoms with Crippen molar-refractivity contribution in [1.29, 1.82) is 0 Å². The van der Waals surface area contributed by atoms with Crippen LogP contribution in [0.5, 0.6) is 0 Å². The van der Waals surface area contributed by atoms with Gasteiger partial charge in [0, 0.05) is 5.69 Å². The number of nitrogens with one attached hydrogen (secondary N) is 1. The molecule has 0 bridgehead atoms. The maximum Gasteiger partial charge on any atom is 0.435 e. The molecule has 30 heavy (non-hydrogen) atoms. The van der Waals surface area contributed by atoms with Crippen LogP contribution in [0.15, 0.2) is 6.07 Å². The van der Waals surface area contributed by atoms with Gasteiger partial charge in [-0.05, 0) is 38.8 Å². The Morgan fingerprint density at radius 3 is 2.47 bits per heavy atom. The van der Waals surface area contributed by atoms with Gasteiger partial charge < -0.3 is 15.8 Å². The summed E-state index contributed by atoms with van der Waals surface area (Å²) in [6, 6.07) is -0.294. The van der Waals surface area contributed by atoms with Crippen molar-refractivity contribution >= 4 is 34.1 Å². The highest BCUT2D eigenvalue weighted by Gasteiger charge is 2.35. The number of alkyl halides is 3. The standard InChI is InChI=1S/C18H21F3N4O4S/c1-5-6-29-17(28)12-9(3)13(14(22)26)30-16(12)23-15(27)10(4)25-8(2)7-11(24-25)18(19,20)21/h7,10H,5-6H2,1-4H3,(H2,22,26)(H,23,27). The molecular weight excluding hydrogens is 425 g/mol. The van der Waals surface area contributed by atoms with E-state index in [4.69, 9.17) is 10.5 Å². The molecule has 2 aromatic rings. The lowest BCUT2D eigenvalue weighted by molar-refractivity contribution is -0.141. The second kappa shape index (κ2) is 8.86. The average Bonchev–Trinajstić information content (AvgIpc) is 3.19. The molecule has 2 rings (SSSR count). The number of rotatable bonds is 7. The summed E-state index contributed by atoms with van der Waals surface area (Å²) in [5.74, 6) is -2.25. The summed E-state index contributed by atoms with van der Waals surface area (Å²) in [6.45, 7) is 6.18. The Kier molecular flexibility index (Phi) is 6.91. The number of aromatic nitrogens is 2. The van der Waals surface area contributed by atoms with E-state index in [1.807, 2.05) is 0 Å². The fraction of sp³-hybridized carbons (Fsp3) is 0.444. The SMILES string of the molecule is CCCOC(=O)c1c(NC(=O)C(C)n2nc(C(F)(F)F)cc2C)sc(C(N)=O)c1C. The summed E-state index contributed by atoms with van der Waals surface area (Å²) in [4.78, 5) is 36.8. The van der Waals surface area contributed by atoms with Gasteiger partial charge in [-0.2, -0.15) is 18.3 Å². The summed E-state index contributed by atoms with van der Waals surface area (Å²) >= 11 is 0.794. The number of carbonyl (C=O) groups excluding carboxylic acids is 3. The molecule has 12 heteroatoms. The van der Waals surface area contributed by atoms with E-state index in [-0.39, 0.29) is 33.3 Å². The lowest BCUT2D eigenvalue weighted by atomic mass is 10.1. The highest BCUT2D eigenvalue weighted by molar-refractivity contribution is 7.18. The number of hydrogen-bond acceptors (Lipinski definition) is 6. The van der Waals surface area contributed by atoms with Gasteiger partial charge in [0.1, 0.15) is 11.0 Å². The van der Waals surface area contributed by atoms with Crippen LogP contribution < -0.4 is 11.1 Å². The molecule has 0 aromatic carbocycles. The molecule has 0 aliphatic rings. The van der Waals surface area contributed by atoms with Crippen LogP contribution >= 0.6 is 11.3 Å². The first kappa shape index (κ1) is 23.4. The van der Waals surface area contributed by atoms with Gasteiger partial charge in [0.2, 0.25) is 5.91 Å². The monoisotopic (exact) mass is 446 g/mol. The largest absolute Gasteiger partial charge is 0.462 e. The minimum atomic E-state index is -4.65. The van der Waals surface area contributed by atoms with Crippen molar-refractivity contribution in [3.63, 3.8) is 0 Å². The molecule has 2 aromatic heterocycles. The zero-order valence-electron chi connectivity index (χ0n) is 16.7. The number of carbonyl (C=O) groups is 3. The zero-order chi connectivity index (χ0) is 22.8. The summed E-state index contributed by atoms with van der Waals surface area (Å²) in [5.41, 5.74) is 4.58. The predicted octanol–water partition coefficient (Wildman–Crippen LogP) is 3.45. The lowest BCUT2D eigenvalue weighted by Crippen LogP contribution is -2.26. The van der Waals surface area contributed by atoms with Gasteiger partial charge in [-0.25, -0.2) is 4.79 Å². The maximum atomic E-state index is 12.9. The lowest BCUT2D eigenvalue weighted by Gasteiger charge is -2.15. The van der Waals surface area contributed by atoms with Crippen molar-refractivity contribution < 1.29 is 32.3 Å². The van der Waals surface area contributed by atoms with Crippen LogP contribution in [0.3, 0.4) is 0 Å². The third kappa shape index (κ3) is 4.81. The van der Waals surface area contributed by atoms with Crippen molar-refractivity contribution in [2.24, 2.45) is 5.73 Å². The fourth-order valence-corrected chi connectivity index (χ4v) is 3.75. The number of nitrogens with two attached hydrogens (primary N) is 1. The Morgan fingerprint density at radius 2 is 1.97 bits per heavy atom. The molecule has 0 saturated heterocycles. The molecule has 0 spiro atoms. The molecule has 3 N–H and O–H groups in total. The van der Waals surface area contributed by atoms with E-state index in [0.717, 1.165) is 22.1 Å². The van der Waals surface area contributed by atoms with Crippen LogP contribution in [-0.4, -0.2) is 34.2 Å². The van der Waals surface area contributed by atoms with Crippen molar-refractivity contribution in [1.82, 2.24) is 9.78 Å². The second-order valence-corrected chi connectivity index (χ2v) is 7.56. The van der Waals surface area contributed by atoms with Crippen molar-refractivity contribution in [3.8, 4) is 0 Å². The van der Waals surface area contributed by atoms with E-state index >= 15 is 0 Å². The summed E-state index contributed by atoms with van der Waals surface area (Å²) in [5, 5.41) is 5.98. The molecule has 0 aliphatic heterocycles. The molecule has 0 saturated carbocycles. The number of nitrogens with zero attached hydrogens (tertiary/aromatic N) is 2. The number of halogens is 3. The minimum Gasteiger partial charge on any atom is -0.462 e. The van der Waals surface area contributed by atoms with Gasteiger partial charge in [0.15, 0.2) is 5.69 Å². The summed E-state index contributed by atoms with van der Waals surface area (Å²) in [6.07, 6.45) is -4.08. The van der Waals surface area contributed by atoms with Crippen LogP contribution in [0.4, 0.5) is 18.2 Å². The van der Waals surface area contributed by atoms with E-state index in [0.29, 0.717) is 6.42 Å². The van der Waals surface area contributed by atoms with E-state index < -0.39 is 35.7 Å². The number of aryl methyl sites for hydroxylation is 1. The molecule has 1 atom stereocenters. The Labute approximate surface area is 174 Å². The molecule has 0 radical (unpaired) electrons. The average molecular weight is 446 g/mol. The topological polar surface area (TPSA) is 116 Å². The molecule has 1 unspecified atom stereocenters. The molecule has 0 aliphatic carbocycles. The smallest absolute Gasteiger partial charge is 0.435 e. The van der Waals surface area contributed by atoms with Gasteiger partial charge in [-0.3, -0.25) is 14.3 Å². The first-order valence-electron chi connectivity index (χ1n) is 8.92. The minimum absolute atomic E-state index is 0.0176. The number of ether oxygens (including phenoxy) is 1. The van der Waals surface area contributed by atoms with Crippen LogP contribution in [0.2, 0.25) is 0 Å². The quantitative estimate of drug-likeness (QED) is 0.632. The summed E-state index contributed by atoms with van der Waals surface area (Å²) < 4.78 is 44.7. The molecule has 2 amide bonds. The second-order valence-electron chi connectivity index (χ2n) is 6.54. The molecular formula is C18H21F3N4O4S. The third-order valence-corrected chi connectivity index (χ3v) is 5.43. The van der Waals surface area contributed by atoms with Gasteiger partial charge in [0.05, 0.1) is 17.0 Å². The van der Waals surface area contributed by atoms with E-state index in [1.54, 1.807) is 6.92 Å². The Balaban J connectivity index is 2.36. The van der Waals surface area contributed by atoms with Gasteiger partial charge in [-0.15, -0.1) is 11.3 Å². The number of esters is 1. The number of primary amides is 1. The van der Waals surface area contributed by atoms with Crippen LogP contribution in [0.1, 0.15) is 63.3 Å². The number of thiophene rings is 1. The summed E-state index contributed by atoms with van der Waals surface area (Å²) in [7, 11) is 0. The van der Waals surface area contributed by atoms with Crippen LogP contribution in [0, 0.1) is 13.8 Å². The van der Waals surface area contributed by atoms with Crippen LogP contribution in [-0.2, 0) is 15.7 Å². The Morgan fingerprint density at radius 1 is 1.33 bits per heavy atom. The normalized spacial score (nSPS) is 12.5. The maximum absolute atomic E-state index is 12.9. The van der Waals surface area contributed by atoms with Crippen molar-refractivity contribution in [2.75, 3.05) is 11.9 Å². The predicted molar refractivity (Wildman–Crippen MR) is 103 cm³/mol. The van der Waals surface area contributed by atoms with E-state index in [9.17, 15) is 27.6 Å². The molecule has 2 heterocycles. The molecule has 8 nitrogen and oxygen atoms in total. The van der Waals surface area contributed by atoms with Gasteiger partial charge >= 0.3 is 12.1 Å².